The summed E-state index contributed by atoms with van der Waals surface area (Å²) in [6.07, 6.45) is 0. The lowest BCUT2D eigenvalue weighted by Crippen LogP contribution is -2.49. The average Bonchev–Trinajstić information content (AvgIpc) is 3.39. The lowest BCUT2D eigenvalue weighted by atomic mass is 9.98. The van der Waals surface area contributed by atoms with Crippen LogP contribution in [0.2, 0.25) is 13.1 Å². The molecule has 2 heteroatoms. The van der Waals surface area contributed by atoms with Crippen LogP contribution in [0.5, 0.6) is 0 Å². The smallest absolute Gasteiger partial charge is 0.113 e. The van der Waals surface area contributed by atoms with Gasteiger partial charge in [-0.1, -0.05) is 159 Å². The molecule has 0 radical (unpaired) electrons. The molecule has 0 N–H and O–H groups in total. The Morgan fingerprint density at radius 2 is 0.760 bits per heavy atom. The number of hydrogen-bond donors (Lipinski definition) is 0. The number of benzene rings is 8. The summed E-state index contributed by atoms with van der Waals surface area (Å²) >= 11 is 0. The van der Waals surface area contributed by atoms with E-state index in [0.717, 1.165) is 17.1 Å². The minimum Gasteiger partial charge on any atom is -0.310 e. The standard InChI is InChI=1S/C48H37NSi/c1-50(2)47-33-41(27-28-45(47)46-31-39-15-9-10-16-40(39)32-48(46)50)38-18-12-22-44(30-38)49(42-19-7-4-8-20-42)43-21-11-17-37(29-43)36-25-23-35(24-26-36)34-13-5-3-6-14-34/h3-33H,1-2H3. The van der Waals surface area contributed by atoms with Crippen LogP contribution in [0.4, 0.5) is 17.1 Å². The highest BCUT2D eigenvalue weighted by atomic mass is 28.3. The molecule has 0 bridgehead atoms. The van der Waals surface area contributed by atoms with Crippen LogP contribution >= 0.6 is 0 Å². The molecule has 8 aromatic carbocycles. The molecule has 0 atom stereocenters. The zero-order valence-corrected chi connectivity index (χ0v) is 29.3. The zero-order valence-electron chi connectivity index (χ0n) is 28.3. The van der Waals surface area contributed by atoms with Crippen LogP contribution in [0, 0.1) is 0 Å². The Balaban J connectivity index is 1.09. The highest BCUT2D eigenvalue weighted by Crippen LogP contribution is 2.39. The molecule has 0 amide bonds. The SMILES string of the molecule is C[Si]1(C)c2cc(-c3cccc(N(c4ccccc4)c4cccc(-c5ccc(-c6ccccc6)cc5)c4)c3)ccc2-c2cc3ccccc3cc21. The molecule has 0 spiro atoms. The summed E-state index contributed by atoms with van der Waals surface area (Å²) in [5, 5.41) is 5.72. The molecule has 1 heterocycles. The van der Waals surface area contributed by atoms with E-state index in [1.807, 2.05) is 0 Å². The molecular weight excluding hydrogens is 619 g/mol. The second-order valence-corrected chi connectivity index (χ2v) is 18.2. The number of hydrogen-bond acceptors (Lipinski definition) is 1. The van der Waals surface area contributed by atoms with Gasteiger partial charge >= 0.3 is 0 Å². The predicted octanol–water partition coefficient (Wildman–Crippen LogP) is 12.1. The molecule has 8 aromatic rings. The van der Waals surface area contributed by atoms with E-state index in [1.54, 1.807) is 5.19 Å². The van der Waals surface area contributed by atoms with Crippen molar-refractivity contribution in [2.45, 2.75) is 13.1 Å². The van der Waals surface area contributed by atoms with Crippen molar-refractivity contribution in [2.75, 3.05) is 4.90 Å². The van der Waals surface area contributed by atoms with Crippen LogP contribution in [0.3, 0.4) is 0 Å². The van der Waals surface area contributed by atoms with Gasteiger partial charge in [0.2, 0.25) is 0 Å². The highest BCUT2D eigenvalue weighted by molar-refractivity contribution is 7.04. The molecule has 1 nitrogen and oxygen atoms in total. The Labute approximate surface area is 295 Å². The summed E-state index contributed by atoms with van der Waals surface area (Å²) in [7, 11) is -1.88. The molecule has 1 aliphatic rings. The summed E-state index contributed by atoms with van der Waals surface area (Å²) in [6, 6.07) is 68.9. The summed E-state index contributed by atoms with van der Waals surface area (Å²) in [5.74, 6) is 0. The van der Waals surface area contributed by atoms with Gasteiger partial charge in [-0.3, -0.25) is 0 Å². The van der Waals surface area contributed by atoms with Gasteiger partial charge < -0.3 is 4.90 Å². The topological polar surface area (TPSA) is 3.24 Å². The van der Waals surface area contributed by atoms with Gasteiger partial charge in [-0.15, -0.1) is 0 Å². The Morgan fingerprint density at radius 1 is 0.320 bits per heavy atom. The first-order valence-electron chi connectivity index (χ1n) is 17.4. The van der Waals surface area contributed by atoms with Gasteiger partial charge in [-0.05, 0) is 108 Å². The molecule has 9 rings (SSSR count). The van der Waals surface area contributed by atoms with Crippen LogP contribution < -0.4 is 15.3 Å². The fraction of sp³-hybridized carbons (Fsp3) is 0.0417. The van der Waals surface area contributed by atoms with Crippen molar-refractivity contribution in [3.63, 3.8) is 0 Å². The molecule has 0 aliphatic carbocycles. The van der Waals surface area contributed by atoms with Gasteiger partial charge in [-0.25, -0.2) is 0 Å². The molecular formula is C48H37NSi. The van der Waals surface area contributed by atoms with Crippen molar-refractivity contribution in [3.05, 3.63) is 188 Å². The highest BCUT2D eigenvalue weighted by Gasteiger charge is 2.37. The maximum absolute atomic E-state index is 2.51. The molecule has 0 saturated heterocycles. The van der Waals surface area contributed by atoms with E-state index in [1.165, 1.54) is 60.5 Å². The first-order valence-corrected chi connectivity index (χ1v) is 20.4. The predicted molar refractivity (Wildman–Crippen MR) is 217 cm³/mol. The summed E-state index contributed by atoms with van der Waals surface area (Å²) in [6.45, 7) is 5.01. The normalized spacial score (nSPS) is 12.8. The van der Waals surface area contributed by atoms with Gasteiger partial charge in [0, 0.05) is 17.1 Å². The van der Waals surface area contributed by atoms with Gasteiger partial charge in [0.1, 0.15) is 8.07 Å². The van der Waals surface area contributed by atoms with Gasteiger partial charge in [0.15, 0.2) is 0 Å². The minimum atomic E-state index is -1.88. The lowest BCUT2D eigenvalue weighted by Gasteiger charge is -2.26. The maximum atomic E-state index is 2.51. The average molecular weight is 656 g/mol. The molecule has 0 unspecified atom stereocenters. The Hall–Kier alpha value is -5.96. The molecule has 0 fully saturated rings. The Kier molecular flexibility index (Phi) is 7.33. The minimum absolute atomic E-state index is 1.13. The van der Waals surface area contributed by atoms with Crippen molar-refractivity contribution in [1.29, 1.82) is 0 Å². The number of anilines is 3. The lowest BCUT2D eigenvalue weighted by molar-refractivity contribution is 1.28. The number of para-hydroxylation sites is 1. The van der Waals surface area contributed by atoms with E-state index < -0.39 is 8.07 Å². The quantitative estimate of drug-likeness (QED) is 0.161. The monoisotopic (exact) mass is 655 g/mol. The van der Waals surface area contributed by atoms with Crippen LogP contribution in [-0.2, 0) is 0 Å². The second-order valence-electron chi connectivity index (χ2n) is 13.8. The van der Waals surface area contributed by atoms with Crippen molar-refractivity contribution < 1.29 is 0 Å². The van der Waals surface area contributed by atoms with Crippen LogP contribution in [0.25, 0.3) is 55.3 Å². The van der Waals surface area contributed by atoms with E-state index in [9.17, 15) is 0 Å². The third-order valence-electron chi connectivity index (χ3n) is 10.4. The molecule has 0 aromatic heterocycles. The fourth-order valence-corrected chi connectivity index (χ4v) is 10.9. The number of nitrogens with zero attached hydrogens (tertiary/aromatic N) is 1. The Morgan fingerprint density at radius 3 is 1.42 bits per heavy atom. The molecule has 50 heavy (non-hydrogen) atoms. The van der Waals surface area contributed by atoms with E-state index in [2.05, 4.69) is 206 Å². The largest absolute Gasteiger partial charge is 0.310 e. The number of fused-ring (bicyclic) bond motifs is 4. The van der Waals surface area contributed by atoms with Crippen molar-refractivity contribution in [2.24, 2.45) is 0 Å². The third kappa shape index (κ3) is 5.26. The summed E-state index contributed by atoms with van der Waals surface area (Å²) in [5.41, 5.74) is 13.6. The van der Waals surface area contributed by atoms with Crippen LogP contribution in [0.1, 0.15) is 0 Å². The summed E-state index contributed by atoms with van der Waals surface area (Å²) < 4.78 is 0. The van der Waals surface area contributed by atoms with Crippen molar-refractivity contribution >= 4 is 46.3 Å². The van der Waals surface area contributed by atoms with Gasteiger partial charge in [0.05, 0.1) is 0 Å². The van der Waals surface area contributed by atoms with E-state index in [4.69, 9.17) is 0 Å². The first kappa shape index (κ1) is 30.1. The Bertz CT molecular complexity index is 2500. The van der Waals surface area contributed by atoms with Crippen molar-refractivity contribution in [1.82, 2.24) is 0 Å². The molecule has 238 valence electrons. The fourth-order valence-electron chi connectivity index (χ4n) is 7.76. The second kappa shape index (κ2) is 12.2. The van der Waals surface area contributed by atoms with E-state index >= 15 is 0 Å². The van der Waals surface area contributed by atoms with E-state index in [0.29, 0.717) is 0 Å². The van der Waals surface area contributed by atoms with Crippen LogP contribution in [-0.4, -0.2) is 8.07 Å². The maximum Gasteiger partial charge on any atom is 0.113 e. The van der Waals surface area contributed by atoms with E-state index in [-0.39, 0.29) is 0 Å². The third-order valence-corrected chi connectivity index (χ3v) is 13.9. The van der Waals surface area contributed by atoms with Crippen molar-refractivity contribution in [3.8, 4) is 44.5 Å². The van der Waals surface area contributed by atoms with Gasteiger partial charge in [-0.2, -0.15) is 0 Å². The van der Waals surface area contributed by atoms with Crippen LogP contribution in [0.15, 0.2) is 188 Å². The van der Waals surface area contributed by atoms with Gasteiger partial charge in [0.25, 0.3) is 0 Å². The molecule has 1 aliphatic heterocycles. The number of rotatable bonds is 6. The first-order chi connectivity index (χ1) is 24.5. The zero-order chi connectivity index (χ0) is 33.7. The molecule has 0 saturated carbocycles. The summed E-state index contributed by atoms with van der Waals surface area (Å²) in [4.78, 5) is 2.37.